The van der Waals surface area contributed by atoms with E-state index in [1.807, 2.05) is 44.2 Å². The first kappa shape index (κ1) is 24.8. The van der Waals surface area contributed by atoms with Crippen LogP contribution in [0, 0.1) is 0 Å². The molecule has 3 rings (SSSR count). The molecule has 32 heavy (non-hydrogen) atoms. The Morgan fingerprint density at radius 1 is 0.844 bits per heavy atom. The van der Waals surface area contributed by atoms with Gasteiger partial charge in [0.2, 0.25) is 0 Å². The van der Waals surface area contributed by atoms with Crippen LogP contribution in [0.2, 0.25) is 0 Å². The summed E-state index contributed by atoms with van der Waals surface area (Å²) in [5.74, 6) is 0.566. The third kappa shape index (κ3) is 7.08. The minimum Gasteiger partial charge on any atom is -0.448 e. The molecule has 0 radical (unpaired) electrons. The summed E-state index contributed by atoms with van der Waals surface area (Å²) >= 11 is 0. The second kappa shape index (κ2) is 11.9. The molecule has 1 fully saturated rings. The van der Waals surface area contributed by atoms with E-state index in [-0.39, 0.29) is 6.10 Å². The number of hydrogen-bond donors (Lipinski definition) is 0. The molecule has 2 aliphatic heterocycles. The van der Waals surface area contributed by atoms with Crippen molar-refractivity contribution in [1.29, 1.82) is 0 Å². The Kier molecular flexibility index (Phi) is 9.18. The summed E-state index contributed by atoms with van der Waals surface area (Å²) in [6.07, 6.45) is 16.3. The first-order valence-corrected chi connectivity index (χ1v) is 12.4. The average Bonchev–Trinajstić information content (AvgIpc) is 3.29. The van der Waals surface area contributed by atoms with Gasteiger partial charge in [-0.25, -0.2) is 0 Å². The molecule has 0 amide bonds. The molecule has 0 bridgehead atoms. The maximum Gasteiger partial charge on any atom is 0.251 e. The molecule has 0 saturated carbocycles. The van der Waals surface area contributed by atoms with Crippen LogP contribution in [0.4, 0.5) is 0 Å². The fraction of sp³-hybridized carbons (Fsp3) is 0.667. The van der Waals surface area contributed by atoms with Gasteiger partial charge in [0.05, 0.1) is 0 Å². The minimum absolute atomic E-state index is 0.284. The van der Waals surface area contributed by atoms with Crippen molar-refractivity contribution in [3.8, 4) is 11.5 Å². The van der Waals surface area contributed by atoms with Crippen molar-refractivity contribution in [3.05, 3.63) is 36.4 Å². The predicted octanol–water partition coefficient (Wildman–Crippen LogP) is 6.74. The van der Waals surface area contributed by atoms with Crippen LogP contribution in [0.15, 0.2) is 36.4 Å². The van der Waals surface area contributed by atoms with E-state index in [2.05, 4.69) is 13.0 Å². The predicted molar refractivity (Wildman–Crippen MR) is 126 cm³/mol. The highest BCUT2D eigenvalue weighted by atomic mass is 16.8. The quantitative estimate of drug-likeness (QED) is 0.181. The SMILES string of the molecule is CCCCCCC1(CCCCCC/C=C/[C@@H]2OC(C)(C)O[C@H]2C=O)Oc2ccccc2O1. The number of benzene rings is 1. The molecule has 5 nitrogen and oxygen atoms in total. The number of ether oxygens (including phenoxy) is 4. The summed E-state index contributed by atoms with van der Waals surface area (Å²) in [5, 5.41) is 0. The van der Waals surface area contributed by atoms with E-state index in [9.17, 15) is 4.79 Å². The molecule has 0 aromatic heterocycles. The zero-order valence-electron chi connectivity index (χ0n) is 20.0. The van der Waals surface area contributed by atoms with Crippen LogP contribution >= 0.6 is 0 Å². The first-order chi connectivity index (χ1) is 15.5. The van der Waals surface area contributed by atoms with Crippen molar-refractivity contribution >= 4 is 6.29 Å². The molecule has 2 aliphatic rings. The van der Waals surface area contributed by atoms with Crippen LogP contribution < -0.4 is 9.47 Å². The maximum atomic E-state index is 11.2. The highest BCUT2D eigenvalue weighted by Gasteiger charge is 2.40. The van der Waals surface area contributed by atoms with Gasteiger partial charge in [0.25, 0.3) is 5.79 Å². The van der Waals surface area contributed by atoms with E-state index in [0.29, 0.717) is 0 Å². The number of aldehydes is 1. The van der Waals surface area contributed by atoms with Crippen molar-refractivity contribution in [2.75, 3.05) is 0 Å². The largest absolute Gasteiger partial charge is 0.448 e. The number of para-hydroxylation sites is 2. The molecule has 2 atom stereocenters. The molecule has 1 aromatic rings. The van der Waals surface area contributed by atoms with Crippen molar-refractivity contribution in [2.45, 2.75) is 115 Å². The molecular weight excluding hydrogens is 404 g/mol. The van der Waals surface area contributed by atoms with Gasteiger partial charge in [-0.1, -0.05) is 63.3 Å². The maximum absolute atomic E-state index is 11.2. The molecule has 0 unspecified atom stereocenters. The van der Waals surface area contributed by atoms with Crippen LogP contribution in [0.5, 0.6) is 11.5 Å². The van der Waals surface area contributed by atoms with Gasteiger partial charge in [-0.15, -0.1) is 0 Å². The smallest absolute Gasteiger partial charge is 0.251 e. The Balaban J connectivity index is 1.37. The monoisotopic (exact) mass is 444 g/mol. The highest BCUT2D eigenvalue weighted by Crippen LogP contribution is 2.43. The summed E-state index contributed by atoms with van der Waals surface area (Å²) in [7, 11) is 0. The molecule has 0 aliphatic carbocycles. The van der Waals surface area contributed by atoms with Gasteiger partial charge in [-0.3, -0.25) is 0 Å². The minimum atomic E-state index is -0.697. The van der Waals surface area contributed by atoms with Crippen LogP contribution in [0.25, 0.3) is 0 Å². The van der Waals surface area contributed by atoms with Crippen LogP contribution in [0.1, 0.15) is 91.4 Å². The van der Waals surface area contributed by atoms with Crippen molar-refractivity contribution in [1.82, 2.24) is 0 Å². The van der Waals surface area contributed by atoms with Gasteiger partial charge in [0.1, 0.15) is 12.2 Å². The molecular formula is C27H40O5. The summed E-state index contributed by atoms with van der Waals surface area (Å²) in [6, 6.07) is 8.02. The van der Waals surface area contributed by atoms with Gasteiger partial charge in [0, 0.05) is 12.8 Å². The Morgan fingerprint density at radius 3 is 2.06 bits per heavy atom. The Hall–Kier alpha value is -1.85. The molecule has 1 aromatic carbocycles. The van der Waals surface area contributed by atoms with Crippen LogP contribution in [-0.4, -0.2) is 30.1 Å². The molecule has 0 N–H and O–H groups in total. The number of carbonyl (C=O) groups is 1. The fourth-order valence-corrected chi connectivity index (χ4v) is 4.50. The third-order valence-corrected chi connectivity index (χ3v) is 6.15. The molecule has 1 saturated heterocycles. The fourth-order valence-electron chi connectivity index (χ4n) is 4.50. The Bertz CT molecular complexity index is 716. The lowest BCUT2D eigenvalue weighted by Gasteiger charge is -2.28. The van der Waals surface area contributed by atoms with E-state index in [4.69, 9.17) is 18.9 Å². The number of allylic oxidation sites excluding steroid dienone is 1. The second-order valence-corrected chi connectivity index (χ2v) is 9.45. The van der Waals surface area contributed by atoms with E-state index in [0.717, 1.165) is 69.2 Å². The zero-order valence-corrected chi connectivity index (χ0v) is 20.0. The molecule has 0 spiro atoms. The molecule has 2 heterocycles. The topological polar surface area (TPSA) is 54.0 Å². The first-order valence-electron chi connectivity index (χ1n) is 12.4. The van der Waals surface area contributed by atoms with Crippen molar-refractivity contribution in [2.24, 2.45) is 0 Å². The van der Waals surface area contributed by atoms with E-state index in [1.54, 1.807) is 0 Å². The summed E-state index contributed by atoms with van der Waals surface area (Å²) in [6.45, 7) is 5.91. The Labute approximate surface area is 193 Å². The van der Waals surface area contributed by atoms with E-state index < -0.39 is 17.7 Å². The lowest BCUT2D eigenvalue weighted by molar-refractivity contribution is -0.148. The summed E-state index contributed by atoms with van der Waals surface area (Å²) in [4.78, 5) is 11.2. The number of rotatable bonds is 14. The molecule has 178 valence electrons. The lowest BCUT2D eigenvalue weighted by atomic mass is 9.99. The van der Waals surface area contributed by atoms with Crippen LogP contribution in [-0.2, 0) is 14.3 Å². The van der Waals surface area contributed by atoms with Crippen LogP contribution in [0.3, 0.4) is 0 Å². The zero-order chi connectivity index (χ0) is 22.9. The number of carbonyl (C=O) groups excluding carboxylic acids is 1. The second-order valence-electron chi connectivity index (χ2n) is 9.45. The standard InChI is InChI=1S/C27H40O5/c1-4-5-6-14-19-27(31-22-17-12-13-18-23(22)32-27)20-15-10-8-7-9-11-16-24-25(21-28)30-26(2,3)29-24/h11-13,16-18,21,24-25H,4-10,14-15,19-20H2,1-3H3/b16-11+/t24-,25-/m0/s1. The van der Waals surface area contributed by atoms with Gasteiger partial charge < -0.3 is 23.7 Å². The van der Waals surface area contributed by atoms with Gasteiger partial charge >= 0.3 is 0 Å². The van der Waals surface area contributed by atoms with Crippen molar-refractivity contribution < 1.29 is 23.7 Å². The van der Waals surface area contributed by atoms with E-state index in [1.165, 1.54) is 19.3 Å². The summed E-state index contributed by atoms with van der Waals surface area (Å²) < 4.78 is 24.0. The lowest BCUT2D eigenvalue weighted by Crippen LogP contribution is -2.38. The van der Waals surface area contributed by atoms with Crippen molar-refractivity contribution in [3.63, 3.8) is 0 Å². The molecule has 5 heteroatoms. The number of unbranched alkanes of at least 4 members (excludes halogenated alkanes) is 7. The third-order valence-electron chi connectivity index (χ3n) is 6.15. The van der Waals surface area contributed by atoms with Gasteiger partial charge in [-0.05, 0) is 51.7 Å². The van der Waals surface area contributed by atoms with Gasteiger partial charge in [0.15, 0.2) is 23.6 Å². The number of hydrogen-bond acceptors (Lipinski definition) is 5. The summed E-state index contributed by atoms with van der Waals surface area (Å²) in [5.41, 5.74) is 0. The highest BCUT2D eigenvalue weighted by molar-refractivity contribution is 5.58. The van der Waals surface area contributed by atoms with Gasteiger partial charge in [-0.2, -0.15) is 0 Å². The Morgan fingerprint density at radius 2 is 1.44 bits per heavy atom. The average molecular weight is 445 g/mol. The number of fused-ring (bicyclic) bond motifs is 1. The van der Waals surface area contributed by atoms with E-state index >= 15 is 0 Å². The normalized spacial score (nSPS) is 23.1.